The van der Waals surface area contributed by atoms with Crippen LogP contribution >= 0.6 is 11.8 Å². The van der Waals surface area contributed by atoms with Crippen molar-refractivity contribution < 1.29 is 9.53 Å². The van der Waals surface area contributed by atoms with Crippen LogP contribution in [-0.2, 0) is 11.2 Å². The van der Waals surface area contributed by atoms with Crippen LogP contribution < -0.4 is 10.1 Å². The molecular formula is C25H22N4O2S. The lowest BCUT2D eigenvalue weighted by Gasteiger charge is -2.15. The van der Waals surface area contributed by atoms with E-state index in [-0.39, 0.29) is 11.2 Å². The van der Waals surface area contributed by atoms with E-state index < -0.39 is 0 Å². The number of methoxy groups -OCH3 is 1. The third-order valence-electron chi connectivity index (χ3n) is 5.49. The van der Waals surface area contributed by atoms with E-state index in [9.17, 15) is 4.79 Å². The lowest BCUT2D eigenvalue weighted by Crippen LogP contribution is -2.24. The molecule has 160 valence electrons. The van der Waals surface area contributed by atoms with Gasteiger partial charge in [0.25, 0.3) is 0 Å². The highest BCUT2D eigenvalue weighted by Gasteiger charge is 2.28. The maximum absolute atomic E-state index is 13.0. The molecule has 1 aliphatic rings. The number of aromatic nitrogens is 3. The Hall–Kier alpha value is -3.58. The van der Waals surface area contributed by atoms with Gasteiger partial charge in [0.1, 0.15) is 5.75 Å². The molecule has 0 bridgehead atoms. The van der Waals surface area contributed by atoms with Gasteiger partial charge in [0.05, 0.1) is 17.9 Å². The van der Waals surface area contributed by atoms with Crippen molar-refractivity contribution in [3.63, 3.8) is 0 Å². The van der Waals surface area contributed by atoms with E-state index in [0.29, 0.717) is 11.0 Å². The van der Waals surface area contributed by atoms with Crippen LogP contribution in [0.1, 0.15) is 12.0 Å². The molecule has 7 heteroatoms. The average molecular weight is 443 g/mol. The first kappa shape index (κ1) is 20.3. The summed E-state index contributed by atoms with van der Waals surface area (Å²) in [7, 11) is 1.64. The van der Waals surface area contributed by atoms with Crippen LogP contribution in [0, 0.1) is 0 Å². The van der Waals surface area contributed by atoms with Gasteiger partial charge in [-0.05, 0) is 48.7 Å². The second-order valence-electron chi connectivity index (χ2n) is 7.47. The highest BCUT2D eigenvalue weighted by molar-refractivity contribution is 8.00. The molecule has 0 spiro atoms. The molecule has 0 saturated heterocycles. The van der Waals surface area contributed by atoms with Gasteiger partial charge in [0.15, 0.2) is 11.0 Å². The van der Waals surface area contributed by atoms with Gasteiger partial charge in [0, 0.05) is 11.4 Å². The summed E-state index contributed by atoms with van der Waals surface area (Å²) in [5, 5.41) is 12.5. The molecule has 0 fully saturated rings. The monoisotopic (exact) mass is 442 g/mol. The number of fused-ring (bicyclic) bond motifs is 1. The number of nitrogens with one attached hydrogen (secondary N) is 1. The first-order chi connectivity index (χ1) is 15.7. The standard InChI is InChI=1S/C25H22N4O2S/c1-31-21-14-8-6-12-19(21)23-27-28-25(29(23)18-10-3-2-4-11-18)32-22-16-15-17-9-5-7-13-20(17)26-24(22)30/h2-14,22H,15-16H2,1H3,(H,26,30). The first-order valence-corrected chi connectivity index (χ1v) is 11.3. The average Bonchev–Trinajstić information content (AvgIpc) is 3.18. The minimum Gasteiger partial charge on any atom is -0.496 e. The van der Waals surface area contributed by atoms with Crippen molar-refractivity contribution in [3.05, 3.63) is 84.4 Å². The molecule has 0 radical (unpaired) electrons. The quantitative estimate of drug-likeness (QED) is 0.472. The molecule has 4 aromatic rings. The Bertz CT molecular complexity index is 1260. The number of rotatable bonds is 5. The van der Waals surface area contributed by atoms with Crippen LogP contribution in [0.5, 0.6) is 5.75 Å². The lowest BCUT2D eigenvalue weighted by atomic mass is 10.1. The largest absolute Gasteiger partial charge is 0.496 e. The van der Waals surface area contributed by atoms with Gasteiger partial charge in [0.2, 0.25) is 5.91 Å². The number of para-hydroxylation sites is 3. The minimum absolute atomic E-state index is 0.0126. The molecule has 5 rings (SSSR count). The molecule has 1 aromatic heterocycles. The number of carbonyl (C=O) groups excluding carboxylic acids is 1. The van der Waals surface area contributed by atoms with Crippen molar-refractivity contribution in [2.75, 3.05) is 12.4 Å². The summed E-state index contributed by atoms with van der Waals surface area (Å²) in [6.45, 7) is 0. The molecule has 1 unspecified atom stereocenters. The summed E-state index contributed by atoms with van der Waals surface area (Å²) >= 11 is 1.44. The van der Waals surface area contributed by atoms with E-state index in [1.165, 1.54) is 11.8 Å². The summed E-state index contributed by atoms with van der Waals surface area (Å²) in [6.07, 6.45) is 1.55. The van der Waals surface area contributed by atoms with Crippen LogP contribution in [0.3, 0.4) is 0 Å². The molecule has 1 N–H and O–H groups in total. The second kappa shape index (κ2) is 8.88. The van der Waals surface area contributed by atoms with E-state index >= 15 is 0 Å². The predicted molar refractivity (Wildman–Crippen MR) is 126 cm³/mol. The van der Waals surface area contributed by atoms with Gasteiger partial charge in [-0.2, -0.15) is 0 Å². The van der Waals surface area contributed by atoms with Gasteiger partial charge in [-0.1, -0.05) is 60.3 Å². The van der Waals surface area contributed by atoms with Crippen LogP contribution in [0.25, 0.3) is 17.1 Å². The molecule has 2 heterocycles. The zero-order chi connectivity index (χ0) is 21.9. The van der Waals surface area contributed by atoms with Crippen molar-refractivity contribution >= 4 is 23.4 Å². The number of hydrogen-bond donors (Lipinski definition) is 1. The smallest absolute Gasteiger partial charge is 0.237 e. The Morgan fingerprint density at radius 3 is 2.56 bits per heavy atom. The Kier molecular flexibility index (Phi) is 5.64. The molecule has 0 saturated carbocycles. The topological polar surface area (TPSA) is 69.0 Å². The van der Waals surface area contributed by atoms with Crippen LogP contribution in [0.15, 0.2) is 84.0 Å². The van der Waals surface area contributed by atoms with Gasteiger partial charge in [-0.15, -0.1) is 10.2 Å². The van der Waals surface area contributed by atoms with E-state index in [1.807, 2.05) is 77.4 Å². The van der Waals surface area contributed by atoms with Crippen LogP contribution in [0.2, 0.25) is 0 Å². The molecule has 32 heavy (non-hydrogen) atoms. The van der Waals surface area contributed by atoms with Crippen molar-refractivity contribution in [2.24, 2.45) is 0 Å². The Morgan fingerprint density at radius 2 is 1.72 bits per heavy atom. The van der Waals surface area contributed by atoms with Crippen molar-refractivity contribution in [1.29, 1.82) is 0 Å². The summed E-state index contributed by atoms with van der Waals surface area (Å²) < 4.78 is 7.56. The normalized spacial score (nSPS) is 15.5. The summed E-state index contributed by atoms with van der Waals surface area (Å²) in [5.74, 6) is 1.38. The number of nitrogens with zero attached hydrogens (tertiary/aromatic N) is 3. The number of amides is 1. The SMILES string of the molecule is COc1ccccc1-c1nnc(SC2CCc3ccccc3NC2=O)n1-c1ccccc1. The van der Waals surface area contributed by atoms with Crippen molar-refractivity contribution in [3.8, 4) is 22.8 Å². The van der Waals surface area contributed by atoms with Crippen LogP contribution in [-0.4, -0.2) is 33.0 Å². The fraction of sp³-hybridized carbons (Fsp3) is 0.160. The van der Waals surface area contributed by atoms with E-state index in [0.717, 1.165) is 41.1 Å². The predicted octanol–water partition coefficient (Wildman–Crippen LogP) is 4.99. The lowest BCUT2D eigenvalue weighted by molar-refractivity contribution is -0.115. The van der Waals surface area contributed by atoms with Gasteiger partial charge >= 0.3 is 0 Å². The molecule has 1 atom stereocenters. The number of thioether (sulfide) groups is 1. The van der Waals surface area contributed by atoms with E-state index in [4.69, 9.17) is 4.74 Å². The summed E-state index contributed by atoms with van der Waals surface area (Å²) in [5.41, 5.74) is 3.82. The number of hydrogen-bond acceptors (Lipinski definition) is 5. The van der Waals surface area contributed by atoms with Gasteiger partial charge in [-0.3, -0.25) is 9.36 Å². The molecule has 0 aliphatic carbocycles. The Balaban J connectivity index is 1.54. The molecule has 1 aliphatic heterocycles. The van der Waals surface area contributed by atoms with E-state index in [2.05, 4.69) is 21.6 Å². The van der Waals surface area contributed by atoms with Crippen LogP contribution in [0.4, 0.5) is 5.69 Å². The molecule has 1 amide bonds. The van der Waals surface area contributed by atoms with E-state index in [1.54, 1.807) is 7.11 Å². The fourth-order valence-electron chi connectivity index (χ4n) is 3.89. The highest BCUT2D eigenvalue weighted by atomic mass is 32.2. The maximum Gasteiger partial charge on any atom is 0.237 e. The summed E-state index contributed by atoms with van der Waals surface area (Å²) in [6, 6.07) is 25.6. The number of anilines is 1. The maximum atomic E-state index is 13.0. The third-order valence-corrected chi connectivity index (χ3v) is 6.70. The Labute approximate surface area is 190 Å². The molecular weight excluding hydrogens is 420 g/mol. The van der Waals surface area contributed by atoms with Crippen molar-refractivity contribution in [2.45, 2.75) is 23.2 Å². The van der Waals surface area contributed by atoms with Gasteiger partial charge < -0.3 is 10.1 Å². The van der Waals surface area contributed by atoms with Crippen molar-refractivity contribution in [1.82, 2.24) is 14.8 Å². The van der Waals surface area contributed by atoms with Gasteiger partial charge in [-0.25, -0.2) is 0 Å². The Morgan fingerprint density at radius 1 is 0.969 bits per heavy atom. The third kappa shape index (κ3) is 3.87. The molecule has 3 aromatic carbocycles. The minimum atomic E-state index is -0.278. The fourth-order valence-corrected chi connectivity index (χ4v) is 4.93. The highest BCUT2D eigenvalue weighted by Crippen LogP contribution is 2.36. The second-order valence-corrected chi connectivity index (χ2v) is 8.64. The number of ether oxygens (including phenoxy) is 1. The zero-order valence-corrected chi connectivity index (χ0v) is 18.4. The zero-order valence-electron chi connectivity index (χ0n) is 17.6. The summed E-state index contributed by atoms with van der Waals surface area (Å²) in [4.78, 5) is 13.0. The molecule has 6 nitrogen and oxygen atoms in total. The first-order valence-electron chi connectivity index (χ1n) is 10.4. The number of aryl methyl sites for hydroxylation is 1. The number of benzene rings is 3. The number of carbonyl (C=O) groups is 1.